The summed E-state index contributed by atoms with van der Waals surface area (Å²) >= 11 is 0. The Labute approximate surface area is 91.3 Å². The van der Waals surface area contributed by atoms with Gasteiger partial charge < -0.3 is 9.84 Å². The average Bonchev–Trinajstić information content (AvgIpc) is 2.28. The van der Waals surface area contributed by atoms with E-state index in [1.54, 1.807) is 7.11 Å². The molecule has 1 aromatic carbocycles. The van der Waals surface area contributed by atoms with Gasteiger partial charge in [0.1, 0.15) is 5.75 Å². The van der Waals surface area contributed by atoms with Crippen molar-refractivity contribution in [3.63, 3.8) is 0 Å². The van der Waals surface area contributed by atoms with Crippen LogP contribution in [0.15, 0.2) is 18.2 Å². The molecule has 15 heavy (non-hydrogen) atoms. The van der Waals surface area contributed by atoms with Gasteiger partial charge in [-0.25, -0.2) is 0 Å². The van der Waals surface area contributed by atoms with Crippen molar-refractivity contribution in [1.29, 1.82) is 0 Å². The Morgan fingerprint density at radius 3 is 2.67 bits per heavy atom. The number of rotatable bonds is 5. The molecule has 1 N–H and O–H groups in total. The highest BCUT2D eigenvalue weighted by Crippen LogP contribution is 2.20. The third kappa shape index (κ3) is 3.22. The van der Waals surface area contributed by atoms with E-state index < -0.39 is 0 Å². The molecule has 1 rings (SSSR count). The van der Waals surface area contributed by atoms with Crippen molar-refractivity contribution in [2.75, 3.05) is 20.9 Å². The number of hydrogen-bond acceptors (Lipinski definition) is 3. The molecule has 1 aromatic rings. The van der Waals surface area contributed by atoms with Gasteiger partial charge in [0.15, 0.2) is 0 Å². The van der Waals surface area contributed by atoms with Gasteiger partial charge in [-0.2, -0.15) is 0 Å². The van der Waals surface area contributed by atoms with Gasteiger partial charge in [0.2, 0.25) is 0 Å². The lowest BCUT2D eigenvalue weighted by Crippen LogP contribution is -2.18. The number of aryl methyl sites for hydroxylation is 1. The standard InChI is InChI=1S/C12H19NO2/c1-4-11-7-10(8-13(2)9-14)5-6-12(11)15-3/h5-7,14H,4,8-9H2,1-3H3. The Bertz CT molecular complexity index is 312. The third-order valence-corrected chi connectivity index (χ3v) is 2.42. The number of nitrogens with zero attached hydrogens (tertiary/aromatic N) is 1. The van der Waals surface area contributed by atoms with Gasteiger partial charge in [-0.05, 0) is 30.7 Å². The van der Waals surface area contributed by atoms with Crippen LogP contribution in [0, 0.1) is 0 Å². The quantitative estimate of drug-likeness (QED) is 0.748. The fourth-order valence-corrected chi connectivity index (χ4v) is 1.57. The highest BCUT2D eigenvalue weighted by atomic mass is 16.5. The summed E-state index contributed by atoms with van der Waals surface area (Å²) in [4.78, 5) is 1.85. The normalized spacial score (nSPS) is 10.7. The molecule has 0 fully saturated rings. The van der Waals surface area contributed by atoms with Crippen molar-refractivity contribution in [3.05, 3.63) is 29.3 Å². The maximum Gasteiger partial charge on any atom is 0.122 e. The summed E-state index contributed by atoms with van der Waals surface area (Å²) in [6.07, 6.45) is 0.958. The third-order valence-electron chi connectivity index (χ3n) is 2.42. The fraction of sp³-hybridized carbons (Fsp3) is 0.500. The van der Waals surface area contributed by atoms with E-state index in [0.29, 0.717) is 0 Å². The van der Waals surface area contributed by atoms with Gasteiger partial charge in [-0.1, -0.05) is 19.1 Å². The van der Waals surface area contributed by atoms with Crippen LogP contribution in [0.2, 0.25) is 0 Å². The molecule has 0 bridgehead atoms. The molecule has 0 aliphatic carbocycles. The van der Waals surface area contributed by atoms with E-state index in [4.69, 9.17) is 9.84 Å². The van der Waals surface area contributed by atoms with Gasteiger partial charge in [-0.3, -0.25) is 4.90 Å². The first-order valence-electron chi connectivity index (χ1n) is 5.16. The second kappa shape index (κ2) is 5.73. The summed E-state index contributed by atoms with van der Waals surface area (Å²) in [6.45, 7) is 2.94. The van der Waals surface area contributed by atoms with Crippen LogP contribution in [-0.2, 0) is 13.0 Å². The van der Waals surface area contributed by atoms with Crippen molar-refractivity contribution in [3.8, 4) is 5.75 Å². The van der Waals surface area contributed by atoms with Crippen LogP contribution in [0.4, 0.5) is 0 Å². The number of aliphatic hydroxyl groups excluding tert-OH is 1. The Morgan fingerprint density at radius 2 is 2.13 bits per heavy atom. The zero-order valence-electron chi connectivity index (χ0n) is 9.66. The van der Waals surface area contributed by atoms with Crippen LogP contribution < -0.4 is 4.74 Å². The molecule has 0 heterocycles. The first-order chi connectivity index (χ1) is 7.21. The van der Waals surface area contributed by atoms with Gasteiger partial charge in [0, 0.05) is 6.54 Å². The lowest BCUT2D eigenvalue weighted by molar-refractivity contribution is 0.127. The van der Waals surface area contributed by atoms with Crippen molar-refractivity contribution < 1.29 is 9.84 Å². The van der Waals surface area contributed by atoms with Crippen molar-refractivity contribution in [1.82, 2.24) is 4.90 Å². The first kappa shape index (κ1) is 12.0. The average molecular weight is 209 g/mol. The number of hydrogen-bond donors (Lipinski definition) is 1. The summed E-state index contributed by atoms with van der Waals surface area (Å²) in [6, 6.07) is 6.15. The molecule has 0 spiro atoms. The molecule has 0 radical (unpaired) electrons. The van der Waals surface area contributed by atoms with Crippen LogP contribution in [0.1, 0.15) is 18.1 Å². The second-order valence-corrected chi connectivity index (χ2v) is 3.66. The molecule has 3 nitrogen and oxygen atoms in total. The zero-order valence-corrected chi connectivity index (χ0v) is 9.66. The molecule has 0 amide bonds. The van der Waals surface area contributed by atoms with Crippen molar-refractivity contribution in [2.24, 2.45) is 0 Å². The Hall–Kier alpha value is -1.06. The minimum Gasteiger partial charge on any atom is -0.496 e. The van der Waals surface area contributed by atoms with E-state index >= 15 is 0 Å². The van der Waals surface area contributed by atoms with Crippen LogP contribution >= 0.6 is 0 Å². The topological polar surface area (TPSA) is 32.7 Å². The van der Waals surface area contributed by atoms with E-state index in [9.17, 15) is 0 Å². The lowest BCUT2D eigenvalue weighted by atomic mass is 10.1. The molecule has 0 saturated heterocycles. The number of methoxy groups -OCH3 is 1. The van der Waals surface area contributed by atoms with Gasteiger partial charge in [0.25, 0.3) is 0 Å². The van der Waals surface area contributed by atoms with Gasteiger partial charge in [-0.15, -0.1) is 0 Å². The van der Waals surface area contributed by atoms with Crippen LogP contribution in [-0.4, -0.2) is 30.9 Å². The monoisotopic (exact) mass is 209 g/mol. The highest BCUT2D eigenvalue weighted by molar-refractivity contribution is 5.37. The molecule has 84 valence electrons. The fourth-order valence-electron chi connectivity index (χ4n) is 1.57. The van der Waals surface area contributed by atoms with E-state index in [1.807, 2.05) is 24.1 Å². The molecule has 0 atom stereocenters. The van der Waals surface area contributed by atoms with Gasteiger partial charge >= 0.3 is 0 Å². The van der Waals surface area contributed by atoms with E-state index in [1.165, 1.54) is 11.1 Å². The molecule has 0 aliphatic rings. The largest absolute Gasteiger partial charge is 0.496 e. The predicted octanol–water partition coefficient (Wildman–Crippen LogP) is 1.64. The zero-order chi connectivity index (χ0) is 11.3. The summed E-state index contributed by atoms with van der Waals surface area (Å²) in [5.41, 5.74) is 2.41. The number of ether oxygens (including phenoxy) is 1. The van der Waals surface area contributed by atoms with Crippen LogP contribution in [0.5, 0.6) is 5.75 Å². The Kier molecular flexibility index (Phi) is 4.59. The summed E-state index contributed by atoms with van der Waals surface area (Å²) in [7, 11) is 3.57. The SMILES string of the molecule is CCc1cc(CN(C)CO)ccc1OC. The molecule has 0 unspecified atom stereocenters. The summed E-state index contributed by atoms with van der Waals surface area (Å²) < 4.78 is 5.26. The van der Waals surface area contributed by atoms with Crippen molar-refractivity contribution >= 4 is 0 Å². The predicted molar refractivity (Wildman–Crippen MR) is 60.9 cm³/mol. The number of benzene rings is 1. The molecule has 0 saturated carbocycles. The minimum absolute atomic E-state index is 0.0769. The molecular weight excluding hydrogens is 190 g/mol. The minimum atomic E-state index is 0.0769. The smallest absolute Gasteiger partial charge is 0.122 e. The maximum atomic E-state index is 8.92. The van der Waals surface area contributed by atoms with E-state index in [2.05, 4.69) is 13.0 Å². The van der Waals surface area contributed by atoms with Crippen molar-refractivity contribution in [2.45, 2.75) is 19.9 Å². The summed E-state index contributed by atoms with van der Waals surface area (Å²) in [5, 5.41) is 8.92. The Balaban J connectivity index is 2.83. The summed E-state index contributed by atoms with van der Waals surface area (Å²) in [5.74, 6) is 0.938. The molecule has 0 aliphatic heterocycles. The second-order valence-electron chi connectivity index (χ2n) is 3.66. The molecule has 3 heteroatoms. The van der Waals surface area contributed by atoms with E-state index in [-0.39, 0.29) is 6.73 Å². The first-order valence-corrected chi connectivity index (χ1v) is 5.16. The highest BCUT2D eigenvalue weighted by Gasteiger charge is 2.04. The number of aliphatic hydroxyl groups is 1. The Morgan fingerprint density at radius 1 is 1.40 bits per heavy atom. The maximum absolute atomic E-state index is 8.92. The van der Waals surface area contributed by atoms with Crippen LogP contribution in [0.25, 0.3) is 0 Å². The van der Waals surface area contributed by atoms with Crippen LogP contribution in [0.3, 0.4) is 0 Å². The van der Waals surface area contributed by atoms with Gasteiger partial charge in [0.05, 0.1) is 13.8 Å². The van der Waals surface area contributed by atoms with E-state index in [0.717, 1.165) is 18.7 Å². The lowest BCUT2D eigenvalue weighted by Gasteiger charge is -2.14. The molecular formula is C12H19NO2. The molecule has 0 aromatic heterocycles.